The Bertz CT molecular complexity index is 513. The lowest BCUT2D eigenvalue weighted by Gasteiger charge is -2.04. The van der Waals surface area contributed by atoms with Crippen molar-refractivity contribution in [3.05, 3.63) is 40.5 Å². The number of nitrogens with zero attached hydrogens (tertiary/aromatic N) is 2. The van der Waals surface area contributed by atoms with Gasteiger partial charge in [0.2, 0.25) is 0 Å². The van der Waals surface area contributed by atoms with Crippen LogP contribution in [-0.2, 0) is 0 Å². The monoisotopic (exact) mass is 267 g/mol. The Morgan fingerprint density at radius 1 is 1.33 bits per heavy atom. The molecule has 94 valence electrons. The van der Waals surface area contributed by atoms with Crippen LogP contribution in [0.25, 0.3) is 0 Å². The Kier molecular flexibility index (Phi) is 2.95. The molecule has 2 aromatic heterocycles. The summed E-state index contributed by atoms with van der Waals surface area (Å²) in [7, 11) is 0. The minimum Gasteiger partial charge on any atom is -0.365 e. The molecule has 18 heavy (non-hydrogen) atoms. The topological polar surface area (TPSA) is 37.8 Å². The number of halogens is 2. The van der Waals surface area contributed by atoms with Crippen LogP contribution in [0.4, 0.5) is 14.6 Å². The zero-order valence-electron chi connectivity index (χ0n) is 9.38. The molecule has 1 aliphatic rings. The molecule has 0 unspecified atom stereocenters. The highest BCUT2D eigenvalue weighted by Gasteiger charge is 2.38. The first-order valence-corrected chi connectivity index (χ1v) is 6.57. The van der Waals surface area contributed by atoms with Crippen LogP contribution in [0.3, 0.4) is 0 Å². The van der Waals surface area contributed by atoms with E-state index in [9.17, 15) is 8.78 Å². The largest absolute Gasteiger partial charge is 0.365 e. The van der Waals surface area contributed by atoms with Gasteiger partial charge in [-0.05, 0) is 28.8 Å². The maximum absolute atomic E-state index is 12.3. The molecule has 0 aliphatic heterocycles. The minimum atomic E-state index is -2.56. The van der Waals surface area contributed by atoms with Crippen LogP contribution in [0, 0.1) is 0 Å². The van der Waals surface area contributed by atoms with Crippen LogP contribution < -0.4 is 5.32 Å². The number of hydrogen-bond acceptors (Lipinski definition) is 4. The van der Waals surface area contributed by atoms with Crippen molar-refractivity contribution in [2.24, 2.45) is 0 Å². The molecule has 6 heteroatoms. The fraction of sp³-hybridized carbons (Fsp3) is 0.333. The highest BCUT2D eigenvalue weighted by atomic mass is 32.1. The molecule has 1 fully saturated rings. The lowest BCUT2D eigenvalue weighted by molar-refractivity contribution is 0.145. The van der Waals surface area contributed by atoms with Crippen molar-refractivity contribution < 1.29 is 8.78 Å². The minimum absolute atomic E-state index is 0.286. The zero-order chi connectivity index (χ0) is 12.5. The van der Waals surface area contributed by atoms with Crippen molar-refractivity contribution in [2.75, 3.05) is 5.32 Å². The molecular weight excluding hydrogens is 256 g/mol. The first-order valence-electron chi connectivity index (χ1n) is 5.63. The standard InChI is InChI=1S/C12H11F2N3S/c13-12(14)10-4-16-11(5-15-10)17-9-3-8(9)7-1-2-18-6-7/h1-2,4-6,8-9,12H,3H2,(H,16,17)/t8-,9+/m0/s1. The van der Waals surface area contributed by atoms with Crippen molar-refractivity contribution in [3.8, 4) is 0 Å². The van der Waals surface area contributed by atoms with Crippen molar-refractivity contribution in [1.82, 2.24) is 9.97 Å². The lowest BCUT2D eigenvalue weighted by atomic mass is 10.2. The quantitative estimate of drug-likeness (QED) is 0.922. The van der Waals surface area contributed by atoms with E-state index in [1.807, 2.05) is 0 Å². The number of anilines is 1. The third-order valence-corrected chi connectivity index (χ3v) is 3.69. The van der Waals surface area contributed by atoms with Gasteiger partial charge < -0.3 is 5.32 Å². The van der Waals surface area contributed by atoms with Gasteiger partial charge in [0.1, 0.15) is 11.5 Å². The third kappa shape index (κ3) is 2.33. The van der Waals surface area contributed by atoms with E-state index in [0.717, 1.165) is 12.6 Å². The van der Waals surface area contributed by atoms with E-state index in [2.05, 4.69) is 32.1 Å². The molecule has 2 aromatic rings. The number of rotatable bonds is 4. The van der Waals surface area contributed by atoms with E-state index in [-0.39, 0.29) is 5.69 Å². The van der Waals surface area contributed by atoms with E-state index >= 15 is 0 Å². The molecule has 1 aliphatic carbocycles. The van der Waals surface area contributed by atoms with Crippen molar-refractivity contribution in [2.45, 2.75) is 24.8 Å². The Morgan fingerprint density at radius 3 is 2.83 bits per heavy atom. The van der Waals surface area contributed by atoms with Crippen LogP contribution in [0.1, 0.15) is 30.0 Å². The van der Waals surface area contributed by atoms with Crippen molar-refractivity contribution >= 4 is 17.2 Å². The van der Waals surface area contributed by atoms with Crippen LogP contribution >= 0.6 is 11.3 Å². The summed E-state index contributed by atoms with van der Waals surface area (Å²) in [4.78, 5) is 7.62. The molecule has 2 heterocycles. The molecule has 0 spiro atoms. The van der Waals surface area contributed by atoms with Gasteiger partial charge in [-0.2, -0.15) is 11.3 Å². The van der Waals surface area contributed by atoms with Gasteiger partial charge in [0.05, 0.1) is 12.4 Å². The van der Waals surface area contributed by atoms with Crippen LogP contribution in [0.5, 0.6) is 0 Å². The Balaban J connectivity index is 1.61. The molecule has 0 bridgehead atoms. The molecule has 0 radical (unpaired) electrons. The number of thiophene rings is 1. The average molecular weight is 267 g/mol. The summed E-state index contributed by atoms with van der Waals surface area (Å²) in [6.45, 7) is 0. The summed E-state index contributed by atoms with van der Waals surface area (Å²) >= 11 is 1.68. The smallest absolute Gasteiger partial charge is 0.281 e. The van der Waals surface area contributed by atoms with E-state index < -0.39 is 6.43 Å². The number of nitrogens with one attached hydrogen (secondary N) is 1. The molecule has 3 rings (SSSR count). The highest BCUT2D eigenvalue weighted by molar-refractivity contribution is 7.08. The van der Waals surface area contributed by atoms with Gasteiger partial charge in [-0.3, -0.25) is 0 Å². The van der Waals surface area contributed by atoms with Crippen LogP contribution in [0.2, 0.25) is 0 Å². The van der Waals surface area contributed by atoms with Gasteiger partial charge in [-0.15, -0.1) is 0 Å². The van der Waals surface area contributed by atoms with Gasteiger partial charge in [0.15, 0.2) is 0 Å². The number of alkyl halides is 2. The van der Waals surface area contributed by atoms with Crippen LogP contribution in [0.15, 0.2) is 29.2 Å². The van der Waals surface area contributed by atoms with E-state index in [1.54, 1.807) is 11.3 Å². The fourth-order valence-corrected chi connectivity index (χ4v) is 2.65. The number of hydrogen-bond donors (Lipinski definition) is 1. The summed E-state index contributed by atoms with van der Waals surface area (Å²) in [5, 5.41) is 7.40. The normalized spacial score (nSPS) is 22.2. The van der Waals surface area contributed by atoms with Crippen molar-refractivity contribution in [1.29, 1.82) is 0 Å². The predicted octanol–water partition coefficient (Wildman–Crippen LogP) is 3.44. The second-order valence-electron chi connectivity index (χ2n) is 4.28. The zero-order valence-corrected chi connectivity index (χ0v) is 10.2. The molecule has 1 N–H and O–H groups in total. The molecular formula is C12H11F2N3S. The Labute approximate surface area is 107 Å². The molecule has 0 amide bonds. The summed E-state index contributed by atoms with van der Waals surface area (Å²) in [6.07, 6.45) is 0.972. The second kappa shape index (κ2) is 4.61. The van der Waals surface area contributed by atoms with Crippen molar-refractivity contribution in [3.63, 3.8) is 0 Å². The van der Waals surface area contributed by atoms with E-state index in [4.69, 9.17) is 0 Å². The lowest BCUT2D eigenvalue weighted by Crippen LogP contribution is -2.06. The summed E-state index contributed by atoms with van der Waals surface area (Å²) in [5.74, 6) is 1.06. The molecule has 3 nitrogen and oxygen atoms in total. The first-order chi connectivity index (χ1) is 8.74. The molecule has 0 aromatic carbocycles. The maximum Gasteiger partial charge on any atom is 0.281 e. The summed E-state index contributed by atoms with van der Waals surface area (Å²) in [6, 6.07) is 2.45. The van der Waals surface area contributed by atoms with Crippen LogP contribution in [-0.4, -0.2) is 16.0 Å². The SMILES string of the molecule is FC(F)c1cnc(N[C@@H]2C[C@H]2c2ccsc2)cn1. The maximum atomic E-state index is 12.3. The molecule has 0 saturated heterocycles. The van der Waals surface area contributed by atoms with Gasteiger partial charge in [-0.25, -0.2) is 18.7 Å². The summed E-state index contributed by atoms with van der Waals surface area (Å²) < 4.78 is 24.6. The Hall–Kier alpha value is -1.56. The number of aromatic nitrogens is 2. The van der Waals surface area contributed by atoms with E-state index in [0.29, 0.717) is 17.8 Å². The fourth-order valence-electron chi connectivity index (χ4n) is 1.92. The van der Waals surface area contributed by atoms with Gasteiger partial charge in [-0.1, -0.05) is 0 Å². The second-order valence-corrected chi connectivity index (χ2v) is 5.06. The highest BCUT2D eigenvalue weighted by Crippen LogP contribution is 2.43. The van der Waals surface area contributed by atoms with E-state index in [1.165, 1.54) is 11.8 Å². The predicted molar refractivity (Wildman–Crippen MR) is 66.1 cm³/mol. The van der Waals surface area contributed by atoms with Gasteiger partial charge in [0, 0.05) is 12.0 Å². The van der Waals surface area contributed by atoms with Gasteiger partial charge >= 0.3 is 0 Å². The Morgan fingerprint density at radius 2 is 2.22 bits per heavy atom. The van der Waals surface area contributed by atoms with Gasteiger partial charge in [0.25, 0.3) is 6.43 Å². The molecule has 1 saturated carbocycles. The summed E-state index contributed by atoms with van der Waals surface area (Å²) in [5.41, 5.74) is 1.04. The third-order valence-electron chi connectivity index (χ3n) is 2.99. The molecule has 2 atom stereocenters. The first kappa shape index (κ1) is 11.5. The average Bonchev–Trinajstić information content (AvgIpc) is 2.92.